The first kappa shape index (κ1) is 11.7. The number of hydrogen-bond acceptors (Lipinski definition) is 3. The summed E-state index contributed by atoms with van der Waals surface area (Å²) in [6, 6.07) is 5.79. The summed E-state index contributed by atoms with van der Waals surface area (Å²) >= 11 is 11.5. The second-order valence-electron chi connectivity index (χ2n) is 2.55. The molecule has 1 N–H and O–H groups in total. The van der Waals surface area contributed by atoms with Crippen LogP contribution in [0.15, 0.2) is 34.5 Å². The molecule has 0 bridgehead atoms. The first-order valence-corrected chi connectivity index (χ1v) is 4.62. The zero-order valence-electron chi connectivity index (χ0n) is 7.38. The van der Waals surface area contributed by atoms with Crippen molar-refractivity contribution in [3.8, 4) is 0 Å². The van der Waals surface area contributed by atoms with Crippen LogP contribution in [0.4, 0.5) is 0 Å². The van der Waals surface area contributed by atoms with Gasteiger partial charge in [0.05, 0.1) is 0 Å². The molecule has 0 fully saturated rings. The largest absolute Gasteiger partial charge is 0.410 e. The summed E-state index contributed by atoms with van der Waals surface area (Å²) in [5.41, 5.74) is 8.84. The van der Waals surface area contributed by atoms with Crippen molar-refractivity contribution in [1.29, 1.82) is 0 Å². The van der Waals surface area contributed by atoms with E-state index in [2.05, 4.69) is 15.2 Å². The van der Waals surface area contributed by atoms with E-state index in [9.17, 15) is 0 Å². The molecule has 1 atom stereocenters. The third-order valence-corrected chi connectivity index (χ3v) is 2.31. The molecule has 1 aromatic carbocycles. The zero-order valence-corrected chi connectivity index (χ0v) is 8.89. The Bertz CT molecular complexity index is 428. The van der Waals surface area contributed by atoms with Gasteiger partial charge in [0.15, 0.2) is 5.17 Å². The van der Waals surface area contributed by atoms with Crippen molar-refractivity contribution in [3.63, 3.8) is 0 Å². The molecular formula is C8H6Cl2N4O. The molecule has 0 radical (unpaired) electrons. The topological polar surface area (TPSA) is 81.4 Å². The van der Waals surface area contributed by atoms with E-state index in [-0.39, 0.29) is 5.17 Å². The molecule has 1 aromatic rings. The normalized spacial score (nSPS) is 13.1. The Hall–Kier alpha value is -1.42. The Morgan fingerprint density at radius 1 is 1.47 bits per heavy atom. The highest BCUT2D eigenvalue weighted by atomic mass is 35.5. The van der Waals surface area contributed by atoms with Crippen LogP contribution in [0.1, 0.15) is 11.6 Å². The zero-order chi connectivity index (χ0) is 11.3. The Kier molecular flexibility index (Phi) is 4.24. The molecule has 0 aliphatic carbocycles. The predicted octanol–water partition coefficient (Wildman–Crippen LogP) is 3.72. The van der Waals surface area contributed by atoms with E-state index in [1.807, 2.05) is 0 Å². The molecule has 0 aromatic heterocycles. The van der Waals surface area contributed by atoms with E-state index in [4.69, 9.17) is 33.9 Å². The van der Waals surface area contributed by atoms with Gasteiger partial charge in [0.2, 0.25) is 0 Å². The SMILES string of the molecule is [N-]=[N+]=NC(/C(Cl)=N/O)c1ccccc1Cl. The van der Waals surface area contributed by atoms with Crippen LogP contribution in [-0.4, -0.2) is 10.4 Å². The molecule has 0 aliphatic rings. The van der Waals surface area contributed by atoms with Gasteiger partial charge in [-0.3, -0.25) is 0 Å². The van der Waals surface area contributed by atoms with E-state index >= 15 is 0 Å². The highest BCUT2D eigenvalue weighted by Crippen LogP contribution is 2.28. The molecule has 78 valence electrons. The summed E-state index contributed by atoms with van der Waals surface area (Å²) in [6.07, 6.45) is 0. The second kappa shape index (κ2) is 5.46. The Morgan fingerprint density at radius 3 is 2.67 bits per heavy atom. The molecule has 15 heavy (non-hydrogen) atoms. The van der Waals surface area contributed by atoms with Crippen LogP contribution in [-0.2, 0) is 0 Å². The first-order valence-electron chi connectivity index (χ1n) is 3.86. The minimum Gasteiger partial charge on any atom is -0.410 e. The molecule has 0 amide bonds. The molecule has 1 rings (SSSR count). The summed E-state index contributed by atoms with van der Waals surface area (Å²) < 4.78 is 0. The first-order chi connectivity index (χ1) is 7.20. The summed E-state index contributed by atoms with van der Waals surface area (Å²) in [5, 5.41) is 14.8. The Morgan fingerprint density at radius 2 is 2.13 bits per heavy atom. The molecule has 0 saturated heterocycles. The van der Waals surface area contributed by atoms with Gasteiger partial charge in [-0.15, -0.1) is 0 Å². The number of oxime groups is 1. The summed E-state index contributed by atoms with van der Waals surface area (Å²) in [4.78, 5) is 2.61. The van der Waals surface area contributed by atoms with Crippen molar-refractivity contribution in [3.05, 3.63) is 45.3 Å². The van der Waals surface area contributed by atoms with Crippen molar-refractivity contribution in [2.24, 2.45) is 10.3 Å². The van der Waals surface area contributed by atoms with Crippen molar-refractivity contribution in [1.82, 2.24) is 0 Å². The molecular weight excluding hydrogens is 239 g/mol. The minimum absolute atomic E-state index is 0.235. The average Bonchev–Trinajstić information content (AvgIpc) is 2.26. The van der Waals surface area contributed by atoms with Gasteiger partial charge in [-0.05, 0) is 17.2 Å². The fourth-order valence-corrected chi connectivity index (χ4v) is 1.44. The summed E-state index contributed by atoms with van der Waals surface area (Å²) in [7, 11) is 0. The summed E-state index contributed by atoms with van der Waals surface area (Å²) in [6.45, 7) is 0. The van der Waals surface area contributed by atoms with Gasteiger partial charge in [-0.25, -0.2) is 0 Å². The van der Waals surface area contributed by atoms with Gasteiger partial charge >= 0.3 is 0 Å². The maximum Gasteiger partial charge on any atom is 0.158 e. The van der Waals surface area contributed by atoms with Gasteiger partial charge in [0.1, 0.15) is 6.04 Å². The fraction of sp³-hybridized carbons (Fsp3) is 0.125. The molecule has 5 nitrogen and oxygen atoms in total. The van der Waals surface area contributed by atoms with Crippen LogP contribution in [0.25, 0.3) is 10.4 Å². The van der Waals surface area contributed by atoms with Crippen LogP contribution in [0.2, 0.25) is 5.02 Å². The van der Waals surface area contributed by atoms with E-state index in [1.165, 1.54) is 0 Å². The van der Waals surface area contributed by atoms with Crippen molar-refractivity contribution in [2.45, 2.75) is 6.04 Å². The Labute approximate surface area is 95.5 Å². The van der Waals surface area contributed by atoms with E-state index in [0.717, 1.165) is 0 Å². The van der Waals surface area contributed by atoms with Gasteiger partial charge in [0, 0.05) is 9.93 Å². The number of azide groups is 1. The van der Waals surface area contributed by atoms with Crippen molar-refractivity contribution >= 4 is 28.4 Å². The lowest BCUT2D eigenvalue weighted by Gasteiger charge is -2.09. The second-order valence-corrected chi connectivity index (χ2v) is 3.35. The maximum atomic E-state index is 8.51. The third kappa shape index (κ3) is 2.76. The van der Waals surface area contributed by atoms with E-state index in [0.29, 0.717) is 10.6 Å². The highest BCUT2D eigenvalue weighted by molar-refractivity contribution is 6.66. The minimum atomic E-state index is -0.907. The van der Waals surface area contributed by atoms with Crippen LogP contribution < -0.4 is 0 Å². The van der Waals surface area contributed by atoms with Gasteiger partial charge in [0.25, 0.3) is 0 Å². The molecule has 0 saturated carbocycles. The highest BCUT2D eigenvalue weighted by Gasteiger charge is 2.18. The average molecular weight is 245 g/mol. The van der Waals surface area contributed by atoms with Crippen LogP contribution in [0.3, 0.4) is 0 Å². The van der Waals surface area contributed by atoms with E-state index in [1.54, 1.807) is 24.3 Å². The smallest absolute Gasteiger partial charge is 0.158 e. The lowest BCUT2D eigenvalue weighted by Crippen LogP contribution is -2.04. The third-order valence-electron chi connectivity index (χ3n) is 1.69. The van der Waals surface area contributed by atoms with Gasteiger partial charge in [-0.2, -0.15) is 0 Å². The van der Waals surface area contributed by atoms with Crippen LogP contribution in [0, 0.1) is 0 Å². The van der Waals surface area contributed by atoms with Crippen molar-refractivity contribution < 1.29 is 5.21 Å². The van der Waals surface area contributed by atoms with Crippen LogP contribution >= 0.6 is 23.2 Å². The van der Waals surface area contributed by atoms with Gasteiger partial charge in [-0.1, -0.05) is 51.7 Å². The molecule has 0 spiro atoms. The fourth-order valence-electron chi connectivity index (χ4n) is 1.04. The number of hydrogen-bond donors (Lipinski definition) is 1. The van der Waals surface area contributed by atoms with Crippen molar-refractivity contribution in [2.75, 3.05) is 0 Å². The number of nitrogens with zero attached hydrogens (tertiary/aromatic N) is 4. The van der Waals surface area contributed by atoms with Gasteiger partial charge < -0.3 is 5.21 Å². The molecule has 7 heteroatoms. The molecule has 0 heterocycles. The number of benzene rings is 1. The van der Waals surface area contributed by atoms with Crippen LogP contribution in [0.5, 0.6) is 0 Å². The number of halogens is 2. The summed E-state index contributed by atoms with van der Waals surface area (Å²) in [5.74, 6) is 0. The maximum absolute atomic E-state index is 8.51. The monoisotopic (exact) mass is 244 g/mol. The lowest BCUT2D eigenvalue weighted by atomic mass is 10.1. The molecule has 1 unspecified atom stereocenters. The number of rotatable bonds is 3. The Balaban J connectivity index is 3.21. The van der Waals surface area contributed by atoms with E-state index < -0.39 is 6.04 Å². The lowest BCUT2D eigenvalue weighted by molar-refractivity contribution is 0.318. The standard InChI is InChI=1S/C8H6Cl2N4O/c9-6-4-2-1-3-5(6)7(12-14-11)8(10)13-15/h1-4,7,15H/b13-8-. The quantitative estimate of drug-likeness (QED) is 0.216. The molecule has 0 aliphatic heterocycles. The predicted molar refractivity (Wildman–Crippen MR) is 58.4 cm³/mol.